The summed E-state index contributed by atoms with van der Waals surface area (Å²) in [6.45, 7) is 1.55. The molecule has 0 aliphatic carbocycles. The van der Waals surface area contributed by atoms with Crippen LogP contribution in [0.15, 0.2) is 45.8 Å². The highest BCUT2D eigenvalue weighted by Gasteiger charge is 2.16. The number of nitrogens with one attached hydrogen (secondary N) is 1. The first-order chi connectivity index (χ1) is 9.83. The van der Waals surface area contributed by atoms with Gasteiger partial charge in [0.15, 0.2) is 0 Å². The van der Waals surface area contributed by atoms with E-state index < -0.39 is 10.0 Å². The standard InChI is InChI=1S/C14H13BrClNO3S/c1-9-6-11(2-4-13(9)15)17-21(19,20)12-3-5-14(16)10(7-12)8-18/h2-7,17-18H,8H2,1H3. The molecule has 0 saturated carbocycles. The fourth-order valence-electron chi connectivity index (χ4n) is 1.76. The predicted molar refractivity (Wildman–Crippen MR) is 87.1 cm³/mol. The van der Waals surface area contributed by atoms with Gasteiger partial charge in [-0.05, 0) is 54.4 Å². The second-order valence-corrected chi connectivity index (χ2v) is 7.42. The minimum Gasteiger partial charge on any atom is -0.392 e. The van der Waals surface area contributed by atoms with E-state index in [1.54, 1.807) is 18.2 Å². The van der Waals surface area contributed by atoms with Crippen LogP contribution in [0.25, 0.3) is 0 Å². The molecule has 0 radical (unpaired) electrons. The molecular formula is C14H13BrClNO3S. The summed E-state index contributed by atoms with van der Waals surface area (Å²) in [5.74, 6) is 0. The van der Waals surface area contributed by atoms with Gasteiger partial charge in [-0.15, -0.1) is 0 Å². The van der Waals surface area contributed by atoms with E-state index in [2.05, 4.69) is 20.7 Å². The molecule has 2 aromatic rings. The molecular weight excluding hydrogens is 378 g/mol. The molecule has 2 aromatic carbocycles. The van der Waals surface area contributed by atoms with Gasteiger partial charge in [0.1, 0.15) is 0 Å². The van der Waals surface area contributed by atoms with E-state index in [4.69, 9.17) is 16.7 Å². The van der Waals surface area contributed by atoms with Gasteiger partial charge in [0.05, 0.1) is 11.5 Å². The van der Waals surface area contributed by atoms with Crippen LogP contribution >= 0.6 is 27.5 Å². The van der Waals surface area contributed by atoms with Crippen molar-refractivity contribution in [1.82, 2.24) is 0 Å². The topological polar surface area (TPSA) is 66.4 Å². The van der Waals surface area contributed by atoms with Crippen molar-refractivity contribution in [2.45, 2.75) is 18.4 Å². The lowest BCUT2D eigenvalue weighted by molar-refractivity contribution is 0.281. The highest BCUT2D eigenvalue weighted by atomic mass is 79.9. The summed E-state index contributed by atoms with van der Waals surface area (Å²) in [5.41, 5.74) is 1.75. The average molecular weight is 391 g/mol. The molecule has 7 heteroatoms. The van der Waals surface area contributed by atoms with Gasteiger partial charge in [-0.1, -0.05) is 27.5 Å². The highest BCUT2D eigenvalue weighted by Crippen LogP contribution is 2.24. The molecule has 2 N–H and O–H groups in total. The van der Waals surface area contributed by atoms with E-state index >= 15 is 0 Å². The van der Waals surface area contributed by atoms with E-state index in [1.165, 1.54) is 18.2 Å². The number of benzene rings is 2. The quantitative estimate of drug-likeness (QED) is 0.836. The van der Waals surface area contributed by atoms with E-state index in [1.807, 2.05) is 6.92 Å². The van der Waals surface area contributed by atoms with E-state index in [9.17, 15) is 8.42 Å². The SMILES string of the molecule is Cc1cc(NS(=O)(=O)c2ccc(Cl)c(CO)c2)ccc1Br. The summed E-state index contributed by atoms with van der Waals surface area (Å²) in [5, 5.41) is 9.49. The lowest BCUT2D eigenvalue weighted by Crippen LogP contribution is -2.13. The van der Waals surface area contributed by atoms with Crippen LogP contribution in [-0.4, -0.2) is 13.5 Å². The second kappa shape index (κ2) is 6.36. The maximum Gasteiger partial charge on any atom is 0.261 e. The first-order valence-corrected chi connectivity index (χ1v) is 8.67. The van der Waals surface area contributed by atoms with Gasteiger partial charge in [0.25, 0.3) is 10.0 Å². The number of aryl methyl sites for hydroxylation is 1. The summed E-state index contributed by atoms with van der Waals surface area (Å²) in [7, 11) is -3.73. The Morgan fingerprint density at radius 1 is 1.24 bits per heavy atom. The molecule has 0 spiro atoms. The molecule has 0 bridgehead atoms. The summed E-state index contributed by atoms with van der Waals surface area (Å²) >= 11 is 9.23. The van der Waals surface area contributed by atoms with Gasteiger partial charge in [0, 0.05) is 15.2 Å². The first kappa shape index (κ1) is 16.3. The van der Waals surface area contributed by atoms with Crippen LogP contribution in [-0.2, 0) is 16.6 Å². The number of halogens is 2. The molecule has 0 unspecified atom stereocenters. The van der Waals surface area contributed by atoms with Crippen LogP contribution in [0.3, 0.4) is 0 Å². The Morgan fingerprint density at radius 2 is 1.95 bits per heavy atom. The lowest BCUT2D eigenvalue weighted by atomic mass is 10.2. The van der Waals surface area contributed by atoms with E-state index in [0.717, 1.165) is 10.0 Å². The maximum atomic E-state index is 12.3. The van der Waals surface area contributed by atoms with Crippen LogP contribution in [0, 0.1) is 6.92 Å². The number of anilines is 1. The number of aliphatic hydroxyl groups is 1. The Labute approximate surface area is 136 Å². The molecule has 0 heterocycles. The second-order valence-electron chi connectivity index (χ2n) is 4.48. The lowest BCUT2D eigenvalue weighted by Gasteiger charge is -2.11. The van der Waals surface area contributed by atoms with Crippen molar-refractivity contribution in [2.75, 3.05) is 4.72 Å². The number of hydrogen-bond donors (Lipinski definition) is 2. The number of rotatable bonds is 4. The van der Waals surface area contributed by atoms with Gasteiger partial charge < -0.3 is 5.11 Å². The van der Waals surface area contributed by atoms with Crippen molar-refractivity contribution in [3.8, 4) is 0 Å². The Bertz CT molecular complexity index is 778. The fourth-order valence-corrected chi connectivity index (χ4v) is 3.29. The van der Waals surface area contributed by atoms with Crippen LogP contribution in [0.4, 0.5) is 5.69 Å². The maximum absolute atomic E-state index is 12.3. The molecule has 0 fully saturated rings. The summed E-state index contributed by atoms with van der Waals surface area (Å²) < 4.78 is 28.1. The molecule has 0 atom stereocenters. The normalized spacial score (nSPS) is 11.4. The van der Waals surface area contributed by atoms with Crippen LogP contribution in [0.1, 0.15) is 11.1 Å². The van der Waals surface area contributed by atoms with Crippen molar-refractivity contribution in [2.24, 2.45) is 0 Å². The van der Waals surface area contributed by atoms with Gasteiger partial charge in [0.2, 0.25) is 0 Å². The van der Waals surface area contributed by atoms with Gasteiger partial charge in [-0.25, -0.2) is 8.42 Å². The molecule has 0 amide bonds. The molecule has 0 aliphatic rings. The smallest absolute Gasteiger partial charge is 0.261 e. The van der Waals surface area contributed by atoms with Crippen LogP contribution in [0.2, 0.25) is 5.02 Å². The Kier molecular flexibility index (Phi) is 4.93. The van der Waals surface area contributed by atoms with E-state index in [0.29, 0.717) is 16.3 Å². The number of hydrogen-bond acceptors (Lipinski definition) is 3. The van der Waals surface area contributed by atoms with E-state index in [-0.39, 0.29) is 11.5 Å². The van der Waals surface area contributed by atoms with Crippen LogP contribution in [0.5, 0.6) is 0 Å². The predicted octanol–water partition coefficient (Wildman–Crippen LogP) is 3.70. The molecule has 2 rings (SSSR count). The monoisotopic (exact) mass is 389 g/mol. The van der Waals surface area contributed by atoms with Crippen molar-refractivity contribution < 1.29 is 13.5 Å². The molecule has 0 aromatic heterocycles. The minimum atomic E-state index is -3.73. The largest absolute Gasteiger partial charge is 0.392 e. The summed E-state index contributed by atoms with van der Waals surface area (Å²) in [4.78, 5) is 0.0523. The molecule has 0 saturated heterocycles. The third-order valence-corrected chi connectivity index (χ3v) is 5.55. The minimum absolute atomic E-state index is 0.0523. The molecule has 4 nitrogen and oxygen atoms in total. The molecule has 112 valence electrons. The van der Waals surface area contributed by atoms with Gasteiger partial charge in [-0.3, -0.25) is 4.72 Å². The average Bonchev–Trinajstić information content (AvgIpc) is 2.43. The fraction of sp³-hybridized carbons (Fsp3) is 0.143. The zero-order valence-corrected chi connectivity index (χ0v) is 14.3. The molecule has 0 aliphatic heterocycles. The molecule has 21 heavy (non-hydrogen) atoms. The van der Waals surface area contributed by atoms with Gasteiger partial charge >= 0.3 is 0 Å². The third kappa shape index (κ3) is 3.77. The van der Waals surface area contributed by atoms with Crippen molar-refractivity contribution in [3.05, 3.63) is 57.0 Å². The number of sulfonamides is 1. The Hall–Kier alpha value is -1.08. The van der Waals surface area contributed by atoms with Crippen molar-refractivity contribution in [3.63, 3.8) is 0 Å². The highest BCUT2D eigenvalue weighted by molar-refractivity contribution is 9.10. The first-order valence-electron chi connectivity index (χ1n) is 6.02. The van der Waals surface area contributed by atoms with Crippen molar-refractivity contribution in [1.29, 1.82) is 0 Å². The zero-order valence-electron chi connectivity index (χ0n) is 11.1. The third-order valence-electron chi connectivity index (χ3n) is 2.91. The summed E-state index contributed by atoms with van der Waals surface area (Å²) in [6.07, 6.45) is 0. The zero-order chi connectivity index (χ0) is 15.6. The van der Waals surface area contributed by atoms with Gasteiger partial charge in [-0.2, -0.15) is 0 Å². The van der Waals surface area contributed by atoms with Crippen LogP contribution < -0.4 is 4.72 Å². The van der Waals surface area contributed by atoms with Crippen molar-refractivity contribution >= 4 is 43.2 Å². The Balaban J connectivity index is 2.35. The number of aliphatic hydroxyl groups excluding tert-OH is 1. The Morgan fingerprint density at radius 3 is 2.57 bits per heavy atom. The summed E-state index contributed by atoms with van der Waals surface area (Å²) in [6, 6.07) is 9.37.